The number of rotatable bonds is 11. The van der Waals surface area contributed by atoms with Crippen LogP contribution in [0.2, 0.25) is 5.02 Å². The van der Waals surface area contributed by atoms with E-state index in [1.165, 1.54) is 0 Å². The maximum atomic E-state index is 6.26. The van der Waals surface area contributed by atoms with Crippen LogP contribution in [0.1, 0.15) is 25.3 Å². The van der Waals surface area contributed by atoms with Crippen LogP contribution in [0.25, 0.3) is 0 Å². The molecule has 1 aromatic heterocycles. The number of aromatic nitrogens is 1. The van der Waals surface area contributed by atoms with Gasteiger partial charge in [-0.3, -0.25) is 0 Å². The van der Waals surface area contributed by atoms with Crippen molar-refractivity contribution < 1.29 is 9.47 Å². The lowest BCUT2D eigenvalue weighted by Crippen LogP contribution is -2.16. The average Bonchev–Trinajstić information content (AvgIpc) is 2.62. The van der Waals surface area contributed by atoms with Crippen molar-refractivity contribution in [1.29, 1.82) is 0 Å². The zero-order valence-electron chi connectivity index (χ0n) is 14.8. The van der Waals surface area contributed by atoms with Crippen molar-refractivity contribution in [3.05, 3.63) is 47.1 Å². The van der Waals surface area contributed by atoms with E-state index < -0.39 is 0 Å². The first kappa shape index (κ1) is 19.3. The minimum absolute atomic E-state index is 0.574. The molecule has 0 aliphatic heterocycles. The second-order valence-electron chi connectivity index (χ2n) is 5.57. The monoisotopic (exact) mass is 363 g/mol. The molecule has 5 nitrogen and oxygen atoms in total. The SMILES string of the molecule is CCOc1cc(CNCCCCNc2ccccn2)cc(Cl)c1OC. The van der Waals surface area contributed by atoms with Gasteiger partial charge in [0.25, 0.3) is 0 Å². The fraction of sp³-hybridized carbons (Fsp3) is 0.421. The van der Waals surface area contributed by atoms with Gasteiger partial charge in [0.05, 0.1) is 18.7 Å². The molecule has 0 spiro atoms. The summed E-state index contributed by atoms with van der Waals surface area (Å²) in [5.74, 6) is 2.20. The molecule has 136 valence electrons. The first-order valence-corrected chi connectivity index (χ1v) is 8.97. The molecule has 1 aromatic carbocycles. The van der Waals surface area contributed by atoms with E-state index in [9.17, 15) is 0 Å². The van der Waals surface area contributed by atoms with E-state index in [1.807, 2.05) is 37.3 Å². The summed E-state index contributed by atoms with van der Waals surface area (Å²) in [5, 5.41) is 7.32. The second-order valence-corrected chi connectivity index (χ2v) is 5.97. The van der Waals surface area contributed by atoms with Crippen molar-refractivity contribution in [3.63, 3.8) is 0 Å². The Morgan fingerprint density at radius 2 is 2.00 bits per heavy atom. The Morgan fingerprint density at radius 3 is 2.72 bits per heavy atom. The summed E-state index contributed by atoms with van der Waals surface area (Å²) >= 11 is 6.26. The third kappa shape index (κ3) is 6.44. The van der Waals surface area contributed by atoms with E-state index in [-0.39, 0.29) is 0 Å². The zero-order valence-corrected chi connectivity index (χ0v) is 15.6. The van der Waals surface area contributed by atoms with Gasteiger partial charge in [-0.1, -0.05) is 17.7 Å². The van der Waals surface area contributed by atoms with Crippen LogP contribution in [0.5, 0.6) is 11.5 Å². The number of methoxy groups -OCH3 is 1. The number of anilines is 1. The fourth-order valence-electron chi connectivity index (χ4n) is 2.48. The number of unbranched alkanes of at least 4 members (excludes halogenated alkanes) is 1. The molecular formula is C19H26ClN3O2. The number of hydrogen-bond acceptors (Lipinski definition) is 5. The maximum absolute atomic E-state index is 6.26. The Labute approximate surface area is 154 Å². The molecule has 0 aliphatic carbocycles. The summed E-state index contributed by atoms with van der Waals surface area (Å²) < 4.78 is 10.9. The van der Waals surface area contributed by atoms with Crippen LogP contribution >= 0.6 is 11.6 Å². The van der Waals surface area contributed by atoms with Crippen LogP contribution in [0.4, 0.5) is 5.82 Å². The molecule has 0 aliphatic rings. The van der Waals surface area contributed by atoms with Crippen LogP contribution in [0, 0.1) is 0 Å². The summed E-state index contributed by atoms with van der Waals surface area (Å²) in [6.07, 6.45) is 3.96. The number of halogens is 1. The van der Waals surface area contributed by atoms with Crippen LogP contribution < -0.4 is 20.1 Å². The summed E-state index contributed by atoms with van der Waals surface area (Å²) in [6.45, 7) is 5.13. The van der Waals surface area contributed by atoms with Gasteiger partial charge in [-0.05, 0) is 56.1 Å². The highest BCUT2D eigenvalue weighted by molar-refractivity contribution is 6.32. The van der Waals surface area contributed by atoms with Gasteiger partial charge in [-0.25, -0.2) is 4.98 Å². The van der Waals surface area contributed by atoms with Gasteiger partial charge in [0.15, 0.2) is 11.5 Å². The van der Waals surface area contributed by atoms with E-state index in [0.29, 0.717) is 23.1 Å². The quantitative estimate of drug-likeness (QED) is 0.588. The normalized spacial score (nSPS) is 10.5. The predicted molar refractivity (Wildman–Crippen MR) is 103 cm³/mol. The molecule has 0 amide bonds. The Kier molecular flexibility index (Phi) is 8.35. The first-order chi connectivity index (χ1) is 12.2. The molecule has 0 unspecified atom stereocenters. The van der Waals surface area contributed by atoms with Gasteiger partial charge in [0, 0.05) is 19.3 Å². The Bertz CT molecular complexity index is 638. The first-order valence-electron chi connectivity index (χ1n) is 8.59. The number of benzene rings is 1. The number of ether oxygens (including phenoxy) is 2. The molecular weight excluding hydrogens is 338 g/mol. The molecule has 0 fully saturated rings. The molecule has 0 saturated heterocycles. The molecule has 25 heavy (non-hydrogen) atoms. The van der Waals surface area contributed by atoms with E-state index >= 15 is 0 Å². The van der Waals surface area contributed by atoms with Gasteiger partial charge >= 0.3 is 0 Å². The lowest BCUT2D eigenvalue weighted by atomic mass is 10.2. The van der Waals surface area contributed by atoms with Crippen LogP contribution in [0.15, 0.2) is 36.5 Å². The summed E-state index contributed by atoms with van der Waals surface area (Å²) in [6, 6.07) is 9.76. The van der Waals surface area contributed by atoms with Crippen molar-refractivity contribution in [3.8, 4) is 11.5 Å². The zero-order chi connectivity index (χ0) is 17.9. The van der Waals surface area contributed by atoms with Crippen molar-refractivity contribution in [2.24, 2.45) is 0 Å². The van der Waals surface area contributed by atoms with Crippen LogP contribution in [0.3, 0.4) is 0 Å². The highest BCUT2D eigenvalue weighted by Gasteiger charge is 2.11. The van der Waals surface area contributed by atoms with Gasteiger partial charge in [0.1, 0.15) is 5.82 Å². The smallest absolute Gasteiger partial charge is 0.179 e. The summed E-state index contributed by atoms with van der Waals surface area (Å²) in [5.41, 5.74) is 1.08. The van der Waals surface area contributed by atoms with Crippen molar-refractivity contribution in [2.75, 3.05) is 32.1 Å². The van der Waals surface area contributed by atoms with Crippen molar-refractivity contribution in [1.82, 2.24) is 10.3 Å². The molecule has 2 rings (SSSR count). The number of pyridine rings is 1. The Balaban J connectivity index is 1.69. The van der Waals surface area contributed by atoms with Crippen LogP contribution in [-0.4, -0.2) is 31.8 Å². The molecule has 0 atom stereocenters. The van der Waals surface area contributed by atoms with Crippen molar-refractivity contribution >= 4 is 17.4 Å². The molecule has 6 heteroatoms. The number of hydrogen-bond donors (Lipinski definition) is 2. The minimum Gasteiger partial charge on any atom is -0.491 e. The number of nitrogens with one attached hydrogen (secondary N) is 2. The maximum Gasteiger partial charge on any atom is 0.179 e. The third-order valence-electron chi connectivity index (χ3n) is 3.65. The Morgan fingerprint density at radius 1 is 1.16 bits per heavy atom. The molecule has 0 saturated carbocycles. The molecule has 2 N–H and O–H groups in total. The molecule has 0 radical (unpaired) electrons. The second kappa shape index (κ2) is 10.8. The molecule has 1 heterocycles. The van der Waals surface area contributed by atoms with Crippen LogP contribution in [-0.2, 0) is 6.54 Å². The van der Waals surface area contributed by atoms with E-state index in [1.54, 1.807) is 13.3 Å². The highest BCUT2D eigenvalue weighted by Crippen LogP contribution is 2.36. The lowest BCUT2D eigenvalue weighted by Gasteiger charge is -2.13. The van der Waals surface area contributed by atoms with E-state index in [0.717, 1.165) is 43.9 Å². The van der Waals surface area contributed by atoms with Crippen molar-refractivity contribution in [2.45, 2.75) is 26.3 Å². The highest BCUT2D eigenvalue weighted by atomic mass is 35.5. The van der Waals surface area contributed by atoms with E-state index in [4.69, 9.17) is 21.1 Å². The van der Waals surface area contributed by atoms with Gasteiger partial charge < -0.3 is 20.1 Å². The topological polar surface area (TPSA) is 55.4 Å². The largest absolute Gasteiger partial charge is 0.491 e. The lowest BCUT2D eigenvalue weighted by molar-refractivity contribution is 0.310. The van der Waals surface area contributed by atoms with Gasteiger partial charge in [-0.2, -0.15) is 0 Å². The Hall–Kier alpha value is -1.98. The molecule has 2 aromatic rings. The minimum atomic E-state index is 0.574. The predicted octanol–water partition coefficient (Wildman–Crippen LogP) is 4.12. The summed E-state index contributed by atoms with van der Waals surface area (Å²) in [7, 11) is 1.60. The van der Waals surface area contributed by atoms with E-state index in [2.05, 4.69) is 15.6 Å². The van der Waals surface area contributed by atoms with Gasteiger partial charge in [-0.15, -0.1) is 0 Å². The van der Waals surface area contributed by atoms with Gasteiger partial charge in [0.2, 0.25) is 0 Å². The third-order valence-corrected chi connectivity index (χ3v) is 3.93. The molecule has 0 bridgehead atoms. The fourth-order valence-corrected chi connectivity index (χ4v) is 2.79. The average molecular weight is 364 g/mol. The summed E-state index contributed by atoms with van der Waals surface area (Å²) in [4.78, 5) is 4.24. The number of nitrogens with zero attached hydrogens (tertiary/aromatic N) is 1. The standard InChI is InChI=1S/C19H26ClN3O2/c1-3-25-17-13-15(12-16(20)19(17)24-2)14-21-9-6-7-11-23-18-8-4-5-10-22-18/h4-5,8,10,12-13,21H,3,6-7,9,11,14H2,1-2H3,(H,22,23).